The second kappa shape index (κ2) is 8.40. The summed E-state index contributed by atoms with van der Waals surface area (Å²) in [5.74, 6) is 0.852. The minimum atomic E-state index is 0.184. The molecular formula is C22H22ClN5. The number of nitrogens with one attached hydrogen (secondary N) is 1. The van der Waals surface area contributed by atoms with Gasteiger partial charge in [-0.3, -0.25) is 0 Å². The van der Waals surface area contributed by atoms with E-state index in [9.17, 15) is 0 Å². The molecule has 142 valence electrons. The Hall–Kier alpha value is -2.92. The number of nitrogens with zero attached hydrogens (tertiary/aromatic N) is 4. The number of aromatic nitrogens is 4. The van der Waals surface area contributed by atoms with Crippen LogP contribution in [-0.4, -0.2) is 26.1 Å². The molecule has 0 amide bonds. The first-order valence-corrected chi connectivity index (χ1v) is 9.86. The van der Waals surface area contributed by atoms with Gasteiger partial charge in [-0.05, 0) is 29.1 Å². The molecule has 0 fully saturated rings. The van der Waals surface area contributed by atoms with Crippen LogP contribution in [0.2, 0.25) is 5.28 Å². The molecule has 2 aromatic heterocycles. The molecule has 0 saturated carbocycles. The Balaban J connectivity index is 1.66. The zero-order valence-corrected chi connectivity index (χ0v) is 16.5. The fourth-order valence-electron chi connectivity index (χ4n) is 3.44. The normalized spacial score (nSPS) is 11.2. The molecule has 0 aliphatic carbocycles. The molecule has 0 unspecified atom stereocenters. The SMILES string of the molecule is CCCn1cnc2c(NCC(c3ccccc3)c3ccccc3)nc(Cl)nc21. The van der Waals surface area contributed by atoms with Crippen LogP contribution < -0.4 is 5.32 Å². The fraction of sp³-hybridized carbons (Fsp3) is 0.227. The molecule has 0 aliphatic heterocycles. The van der Waals surface area contributed by atoms with Crippen LogP contribution in [0.5, 0.6) is 0 Å². The Kier molecular flexibility index (Phi) is 5.53. The van der Waals surface area contributed by atoms with Crippen molar-refractivity contribution in [1.82, 2.24) is 19.5 Å². The molecule has 0 saturated heterocycles. The van der Waals surface area contributed by atoms with Crippen LogP contribution in [0.1, 0.15) is 30.4 Å². The third-order valence-corrected chi connectivity index (χ3v) is 4.95. The number of imidazole rings is 1. The van der Waals surface area contributed by atoms with E-state index in [1.54, 1.807) is 6.33 Å². The van der Waals surface area contributed by atoms with E-state index in [0.717, 1.165) is 24.1 Å². The van der Waals surface area contributed by atoms with Crippen molar-refractivity contribution >= 4 is 28.6 Å². The van der Waals surface area contributed by atoms with E-state index in [1.165, 1.54) is 11.1 Å². The lowest BCUT2D eigenvalue weighted by Gasteiger charge is -2.19. The van der Waals surface area contributed by atoms with E-state index in [1.807, 2.05) is 16.7 Å². The Labute approximate surface area is 169 Å². The Morgan fingerprint density at radius 2 is 1.61 bits per heavy atom. The van der Waals surface area contributed by atoms with Crippen molar-refractivity contribution in [2.24, 2.45) is 0 Å². The van der Waals surface area contributed by atoms with Crippen LogP contribution in [0.25, 0.3) is 11.2 Å². The topological polar surface area (TPSA) is 55.6 Å². The average molecular weight is 392 g/mol. The quantitative estimate of drug-likeness (QED) is 0.443. The Morgan fingerprint density at radius 1 is 0.964 bits per heavy atom. The largest absolute Gasteiger partial charge is 0.367 e. The summed E-state index contributed by atoms with van der Waals surface area (Å²) in [5, 5.41) is 3.70. The summed E-state index contributed by atoms with van der Waals surface area (Å²) >= 11 is 6.20. The van der Waals surface area contributed by atoms with Gasteiger partial charge in [0, 0.05) is 19.0 Å². The fourth-order valence-corrected chi connectivity index (χ4v) is 3.61. The van der Waals surface area contributed by atoms with E-state index in [-0.39, 0.29) is 11.2 Å². The lowest BCUT2D eigenvalue weighted by atomic mass is 9.91. The molecule has 0 atom stereocenters. The monoisotopic (exact) mass is 391 g/mol. The van der Waals surface area contributed by atoms with Gasteiger partial charge in [-0.2, -0.15) is 9.97 Å². The number of benzene rings is 2. The van der Waals surface area contributed by atoms with Gasteiger partial charge in [-0.15, -0.1) is 0 Å². The third-order valence-electron chi connectivity index (χ3n) is 4.78. The second-order valence-electron chi connectivity index (χ2n) is 6.71. The molecule has 1 N–H and O–H groups in total. The van der Waals surface area contributed by atoms with Crippen LogP contribution in [0.15, 0.2) is 67.0 Å². The smallest absolute Gasteiger partial charge is 0.226 e. The van der Waals surface area contributed by atoms with Crippen molar-refractivity contribution in [3.63, 3.8) is 0 Å². The van der Waals surface area contributed by atoms with Crippen molar-refractivity contribution in [2.45, 2.75) is 25.8 Å². The molecule has 0 bridgehead atoms. The van der Waals surface area contributed by atoms with Gasteiger partial charge < -0.3 is 9.88 Å². The van der Waals surface area contributed by atoms with E-state index < -0.39 is 0 Å². The van der Waals surface area contributed by atoms with Gasteiger partial charge in [-0.1, -0.05) is 67.6 Å². The predicted octanol–water partition coefficient (Wildman–Crippen LogP) is 5.13. The highest BCUT2D eigenvalue weighted by atomic mass is 35.5. The van der Waals surface area contributed by atoms with E-state index in [4.69, 9.17) is 11.6 Å². The first kappa shape index (κ1) is 18.4. The average Bonchev–Trinajstić information content (AvgIpc) is 3.13. The maximum absolute atomic E-state index is 6.20. The van der Waals surface area contributed by atoms with E-state index >= 15 is 0 Å². The number of hydrogen-bond donors (Lipinski definition) is 1. The number of halogens is 1. The lowest BCUT2D eigenvalue weighted by Crippen LogP contribution is -2.15. The first-order valence-electron chi connectivity index (χ1n) is 9.48. The maximum Gasteiger partial charge on any atom is 0.226 e. The zero-order valence-electron chi connectivity index (χ0n) is 15.7. The molecule has 0 spiro atoms. The number of anilines is 1. The molecule has 2 heterocycles. The van der Waals surface area contributed by atoms with Crippen LogP contribution in [0, 0.1) is 0 Å². The highest BCUT2D eigenvalue weighted by molar-refractivity contribution is 6.28. The second-order valence-corrected chi connectivity index (χ2v) is 7.04. The molecule has 4 aromatic rings. The van der Waals surface area contributed by atoms with E-state index in [0.29, 0.717) is 12.4 Å². The highest BCUT2D eigenvalue weighted by Crippen LogP contribution is 2.27. The van der Waals surface area contributed by atoms with Crippen molar-refractivity contribution in [3.05, 3.63) is 83.4 Å². The van der Waals surface area contributed by atoms with Gasteiger partial charge >= 0.3 is 0 Å². The van der Waals surface area contributed by atoms with Crippen LogP contribution >= 0.6 is 11.6 Å². The van der Waals surface area contributed by atoms with Gasteiger partial charge in [0.1, 0.15) is 0 Å². The summed E-state index contributed by atoms with van der Waals surface area (Å²) in [6, 6.07) is 20.9. The molecule has 28 heavy (non-hydrogen) atoms. The molecule has 5 nitrogen and oxygen atoms in total. The van der Waals surface area contributed by atoms with Gasteiger partial charge in [-0.25, -0.2) is 4.98 Å². The van der Waals surface area contributed by atoms with Crippen molar-refractivity contribution in [3.8, 4) is 0 Å². The number of rotatable bonds is 7. The summed E-state index contributed by atoms with van der Waals surface area (Å²) in [5.41, 5.74) is 4.00. The summed E-state index contributed by atoms with van der Waals surface area (Å²) < 4.78 is 2.01. The zero-order chi connectivity index (χ0) is 19.3. The van der Waals surface area contributed by atoms with Crippen molar-refractivity contribution < 1.29 is 0 Å². The van der Waals surface area contributed by atoms with Crippen molar-refractivity contribution in [1.29, 1.82) is 0 Å². The molecule has 2 aromatic carbocycles. The van der Waals surface area contributed by atoms with Gasteiger partial charge in [0.05, 0.1) is 6.33 Å². The predicted molar refractivity (Wildman–Crippen MR) is 114 cm³/mol. The number of aryl methyl sites for hydroxylation is 1. The lowest BCUT2D eigenvalue weighted by molar-refractivity contribution is 0.691. The summed E-state index contributed by atoms with van der Waals surface area (Å²) in [4.78, 5) is 13.3. The first-order chi connectivity index (χ1) is 13.8. The van der Waals surface area contributed by atoms with Crippen LogP contribution in [-0.2, 0) is 6.54 Å². The van der Waals surface area contributed by atoms with Crippen LogP contribution in [0.3, 0.4) is 0 Å². The minimum Gasteiger partial charge on any atom is -0.367 e. The van der Waals surface area contributed by atoms with Crippen LogP contribution in [0.4, 0.5) is 5.82 Å². The highest BCUT2D eigenvalue weighted by Gasteiger charge is 2.17. The number of fused-ring (bicyclic) bond motifs is 1. The Morgan fingerprint density at radius 3 is 2.21 bits per heavy atom. The molecule has 6 heteroatoms. The van der Waals surface area contributed by atoms with Gasteiger partial charge in [0.2, 0.25) is 5.28 Å². The number of hydrogen-bond acceptors (Lipinski definition) is 4. The summed E-state index contributed by atoms with van der Waals surface area (Å²) in [6.45, 7) is 3.65. The molecular weight excluding hydrogens is 370 g/mol. The van der Waals surface area contributed by atoms with Gasteiger partial charge in [0.15, 0.2) is 17.0 Å². The summed E-state index contributed by atoms with van der Waals surface area (Å²) in [7, 11) is 0. The standard InChI is InChI=1S/C22H22ClN5/c1-2-13-28-15-25-19-20(26-22(23)27-21(19)28)24-14-18(16-9-5-3-6-10-16)17-11-7-4-8-12-17/h3-12,15,18H,2,13-14H2,1H3,(H,24,26,27). The van der Waals surface area contributed by atoms with Crippen molar-refractivity contribution in [2.75, 3.05) is 11.9 Å². The minimum absolute atomic E-state index is 0.184. The molecule has 4 rings (SSSR count). The molecule has 0 aliphatic rings. The summed E-state index contributed by atoms with van der Waals surface area (Å²) in [6.07, 6.45) is 2.80. The van der Waals surface area contributed by atoms with E-state index in [2.05, 4.69) is 75.7 Å². The Bertz CT molecular complexity index is 1010. The molecule has 0 radical (unpaired) electrons. The van der Waals surface area contributed by atoms with Gasteiger partial charge in [0.25, 0.3) is 0 Å². The maximum atomic E-state index is 6.20. The third kappa shape index (κ3) is 3.85.